The van der Waals surface area contributed by atoms with Gasteiger partial charge in [0, 0.05) is 49.5 Å². The number of rotatable bonds is 4. The number of H-pyrrole nitrogens is 1. The smallest absolute Gasteiger partial charge is 0.245 e. The van der Waals surface area contributed by atoms with Crippen LogP contribution in [0.25, 0.3) is 22.4 Å². The second kappa shape index (κ2) is 7.32. The van der Waals surface area contributed by atoms with Crippen molar-refractivity contribution in [2.24, 2.45) is 0 Å². The first-order chi connectivity index (χ1) is 13.1. The maximum absolute atomic E-state index is 10.4. The van der Waals surface area contributed by atoms with E-state index in [1.165, 1.54) is 0 Å². The Morgan fingerprint density at radius 1 is 1.04 bits per heavy atom. The maximum Gasteiger partial charge on any atom is 0.245 e. The van der Waals surface area contributed by atoms with Crippen LogP contribution in [0.15, 0.2) is 36.8 Å². The molecule has 8 heteroatoms. The van der Waals surface area contributed by atoms with E-state index < -0.39 is 0 Å². The first-order valence-electron chi connectivity index (χ1n) is 9.13. The minimum Gasteiger partial charge on any atom is -0.507 e. The van der Waals surface area contributed by atoms with Gasteiger partial charge in [0.25, 0.3) is 0 Å². The van der Waals surface area contributed by atoms with E-state index >= 15 is 0 Å². The van der Waals surface area contributed by atoms with Crippen LogP contribution in [0.4, 0.5) is 5.95 Å². The van der Waals surface area contributed by atoms with Gasteiger partial charge in [-0.25, -0.2) is 4.98 Å². The quantitative estimate of drug-likeness (QED) is 0.732. The molecule has 3 aromatic rings. The number of hydrogen-bond acceptors (Lipinski definition) is 7. The first-order valence-corrected chi connectivity index (χ1v) is 9.13. The number of aromatic nitrogens is 5. The van der Waals surface area contributed by atoms with Crippen molar-refractivity contribution in [3.63, 3.8) is 0 Å². The Hall–Kier alpha value is -3.00. The van der Waals surface area contributed by atoms with Gasteiger partial charge in [0.2, 0.25) is 5.95 Å². The largest absolute Gasteiger partial charge is 0.507 e. The second-order valence-electron chi connectivity index (χ2n) is 6.98. The zero-order valence-electron chi connectivity index (χ0n) is 15.5. The van der Waals surface area contributed by atoms with Gasteiger partial charge in [-0.2, -0.15) is 5.10 Å². The summed E-state index contributed by atoms with van der Waals surface area (Å²) in [4.78, 5) is 9.06. The van der Waals surface area contributed by atoms with Crippen LogP contribution in [0.3, 0.4) is 0 Å². The van der Waals surface area contributed by atoms with Gasteiger partial charge in [0.15, 0.2) is 0 Å². The predicted molar refractivity (Wildman–Crippen MR) is 103 cm³/mol. The van der Waals surface area contributed by atoms with E-state index in [2.05, 4.69) is 49.0 Å². The molecular weight excluding hydrogens is 342 g/mol. The lowest BCUT2D eigenvalue weighted by atomic mass is 10.0. The van der Waals surface area contributed by atoms with Crippen LogP contribution in [-0.4, -0.2) is 67.6 Å². The van der Waals surface area contributed by atoms with Crippen molar-refractivity contribution in [1.29, 1.82) is 0 Å². The maximum atomic E-state index is 10.4. The van der Waals surface area contributed by atoms with Gasteiger partial charge >= 0.3 is 0 Å². The number of piperazine rings is 1. The number of nitrogens with one attached hydrogen (secondary N) is 1. The molecule has 0 aliphatic carbocycles. The summed E-state index contributed by atoms with van der Waals surface area (Å²) >= 11 is 0. The summed E-state index contributed by atoms with van der Waals surface area (Å²) in [5, 5.41) is 25.7. The van der Waals surface area contributed by atoms with Crippen LogP contribution in [0.1, 0.15) is 13.8 Å². The normalized spacial score (nSPS) is 15.4. The highest BCUT2D eigenvalue weighted by atomic mass is 16.3. The number of anilines is 1. The highest BCUT2D eigenvalue weighted by Gasteiger charge is 2.21. The molecule has 1 aliphatic heterocycles. The Labute approximate surface area is 157 Å². The molecule has 2 N–H and O–H groups in total. The molecule has 0 spiro atoms. The lowest BCUT2D eigenvalue weighted by Crippen LogP contribution is -2.49. The molecule has 8 nitrogen and oxygen atoms in total. The van der Waals surface area contributed by atoms with Gasteiger partial charge < -0.3 is 10.0 Å². The fourth-order valence-corrected chi connectivity index (χ4v) is 3.31. The summed E-state index contributed by atoms with van der Waals surface area (Å²) in [7, 11) is 0. The molecule has 27 heavy (non-hydrogen) atoms. The third kappa shape index (κ3) is 3.61. The number of aromatic hydroxyl groups is 1. The van der Waals surface area contributed by atoms with Crippen LogP contribution in [-0.2, 0) is 0 Å². The number of aromatic amines is 1. The number of nitrogens with zero attached hydrogens (tertiary/aromatic N) is 6. The van der Waals surface area contributed by atoms with Crippen LogP contribution in [0.2, 0.25) is 0 Å². The number of phenols is 1. The Morgan fingerprint density at radius 3 is 2.44 bits per heavy atom. The highest BCUT2D eigenvalue weighted by molar-refractivity contribution is 5.73. The van der Waals surface area contributed by atoms with Crippen LogP contribution < -0.4 is 4.90 Å². The van der Waals surface area contributed by atoms with E-state index in [0.717, 1.165) is 37.3 Å². The van der Waals surface area contributed by atoms with Crippen molar-refractivity contribution >= 4 is 5.95 Å². The Balaban J connectivity index is 1.49. The standard InChI is InChI=1S/C19H23N7O/c1-13(2)25-5-7-26(8-6-25)19-20-12-17(23-24-19)16-4-3-14(9-18(16)27)15-10-21-22-11-15/h3-4,9-13,27H,5-8H2,1-2H3,(H,21,22). The molecule has 0 amide bonds. The average Bonchev–Trinajstić information content (AvgIpc) is 3.23. The van der Waals surface area contributed by atoms with Gasteiger partial charge in [0.1, 0.15) is 11.4 Å². The Morgan fingerprint density at radius 2 is 1.85 bits per heavy atom. The lowest BCUT2D eigenvalue weighted by molar-refractivity contribution is 0.208. The van der Waals surface area contributed by atoms with Crippen LogP contribution in [0.5, 0.6) is 5.75 Å². The average molecular weight is 365 g/mol. The summed E-state index contributed by atoms with van der Waals surface area (Å²) in [6, 6.07) is 5.99. The topological polar surface area (TPSA) is 94.1 Å². The SMILES string of the molecule is CC(C)N1CCN(c2ncc(-c3ccc(-c4cn[nH]c4)cc3O)nn2)CC1. The van der Waals surface area contributed by atoms with Gasteiger partial charge in [-0.15, -0.1) is 10.2 Å². The fourth-order valence-electron chi connectivity index (χ4n) is 3.31. The summed E-state index contributed by atoms with van der Waals surface area (Å²) in [6.45, 7) is 8.21. The van der Waals surface area contributed by atoms with E-state index in [4.69, 9.17) is 0 Å². The molecule has 0 saturated carbocycles. The van der Waals surface area contributed by atoms with Crippen molar-refractivity contribution in [2.75, 3.05) is 31.1 Å². The highest BCUT2D eigenvalue weighted by Crippen LogP contribution is 2.31. The number of benzene rings is 1. The van der Waals surface area contributed by atoms with Crippen molar-refractivity contribution in [2.45, 2.75) is 19.9 Å². The molecule has 140 valence electrons. The van der Waals surface area contributed by atoms with E-state index in [1.807, 2.05) is 12.1 Å². The molecule has 4 rings (SSSR count). The molecular formula is C19H23N7O. The molecule has 3 heterocycles. The minimum absolute atomic E-state index is 0.142. The van der Waals surface area contributed by atoms with Crippen molar-refractivity contribution in [3.05, 3.63) is 36.8 Å². The summed E-state index contributed by atoms with van der Waals surface area (Å²) in [5.74, 6) is 0.778. The van der Waals surface area contributed by atoms with Crippen LogP contribution in [0, 0.1) is 0 Å². The fraction of sp³-hybridized carbons (Fsp3) is 0.368. The summed E-state index contributed by atoms with van der Waals surface area (Å²) < 4.78 is 0. The van der Waals surface area contributed by atoms with Crippen molar-refractivity contribution < 1.29 is 5.11 Å². The summed E-state index contributed by atoms with van der Waals surface area (Å²) in [5.41, 5.74) is 2.96. The minimum atomic E-state index is 0.142. The number of hydrogen-bond donors (Lipinski definition) is 2. The second-order valence-corrected chi connectivity index (χ2v) is 6.98. The zero-order chi connectivity index (χ0) is 18.8. The predicted octanol–water partition coefficient (Wildman–Crippen LogP) is 2.16. The zero-order valence-corrected chi connectivity index (χ0v) is 15.5. The van der Waals surface area contributed by atoms with Gasteiger partial charge in [-0.3, -0.25) is 10.00 Å². The van der Waals surface area contributed by atoms with Gasteiger partial charge in [-0.05, 0) is 31.5 Å². The number of phenolic OH excluding ortho intramolecular Hbond substituents is 1. The van der Waals surface area contributed by atoms with Crippen molar-refractivity contribution in [1.82, 2.24) is 30.3 Å². The molecule has 1 saturated heterocycles. The Kier molecular flexibility index (Phi) is 4.72. The van der Waals surface area contributed by atoms with E-state index in [9.17, 15) is 5.11 Å². The van der Waals surface area contributed by atoms with E-state index in [0.29, 0.717) is 23.2 Å². The van der Waals surface area contributed by atoms with Gasteiger partial charge in [0.05, 0.1) is 12.4 Å². The van der Waals surface area contributed by atoms with Crippen LogP contribution >= 0.6 is 0 Å². The molecule has 0 radical (unpaired) electrons. The molecule has 0 bridgehead atoms. The molecule has 1 aromatic carbocycles. The van der Waals surface area contributed by atoms with Gasteiger partial charge in [-0.1, -0.05) is 6.07 Å². The first kappa shape index (κ1) is 17.4. The Bertz CT molecular complexity index is 885. The molecule has 2 aromatic heterocycles. The molecule has 1 aliphatic rings. The third-order valence-corrected chi connectivity index (χ3v) is 4.98. The van der Waals surface area contributed by atoms with Crippen molar-refractivity contribution in [3.8, 4) is 28.1 Å². The van der Waals surface area contributed by atoms with E-state index in [1.54, 1.807) is 24.7 Å². The van der Waals surface area contributed by atoms with E-state index in [-0.39, 0.29) is 5.75 Å². The molecule has 0 unspecified atom stereocenters. The molecule has 1 fully saturated rings. The lowest BCUT2D eigenvalue weighted by Gasteiger charge is -2.36. The third-order valence-electron chi connectivity index (χ3n) is 4.98. The summed E-state index contributed by atoms with van der Waals surface area (Å²) in [6.07, 6.45) is 5.16. The monoisotopic (exact) mass is 365 g/mol. The molecule has 0 atom stereocenters.